The maximum absolute atomic E-state index is 12.6. The minimum atomic E-state index is -0.225. The standard InChI is InChI=1S/C21H19N3O3S/c1-12-3-7-18(27-2)15(9-12)17-11-28-21(23-17)24-20(26)14-4-6-16-13(10-14)5-8-19(25)22-16/h3-4,6-7,9-11H,5,8H2,1-2H3,(H,22,25)(H,23,24,26). The Labute approximate surface area is 166 Å². The number of thiazole rings is 1. The minimum absolute atomic E-state index is 0.00610. The molecule has 2 N–H and O–H groups in total. The van der Waals surface area contributed by atoms with Gasteiger partial charge in [-0.05, 0) is 49.2 Å². The predicted molar refractivity (Wildman–Crippen MR) is 110 cm³/mol. The molecule has 2 amide bonds. The van der Waals surface area contributed by atoms with Gasteiger partial charge >= 0.3 is 0 Å². The van der Waals surface area contributed by atoms with E-state index >= 15 is 0 Å². The Morgan fingerprint density at radius 3 is 2.89 bits per heavy atom. The Kier molecular flexibility index (Phi) is 4.83. The first-order valence-electron chi connectivity index (χ1n) is 8.88. The van der Waals surface area contributed by atoms with Gasteiger partial charge in [-0.2, -0.15) is 0 Å². The smallest absolute Gasteiger partial charge is 0.257 e. The van der Waals surface area contributed by atoms with E-state index in [1.54, 1.807) is 19.2 Å². The van der Waals surface area contributed by atoms with Crippen molar-refractivity contribution >= 4 is 34.0 Å². The van der Waals surface area contributed by atoms with Crippen LogP contribution in [0.2, 0.25) is 0 Å². The van der Waals surface area contributed by atoms with Crippen molar-refractivity contribution in [1.82, 2.24) is 4.98 Å². The van der Waals surface area contributed by atoms with Gasteiger partial charge in [0, 0.05) is 28.6 Å². The van der Waals surface area contributed by atoms with E-state index in [4.69, 9.17) is 4.74 Å². The Balaban J connectivity index is 1.54. The van der Waals surface area contributed by atoms with Crippen molar-refractivity contribution in [2.45, 2.75) is 19.8 Å². The second kappa shape index (κ2) is 7.44. The van der Waals surface area contributed by atoms with Crippen LogP contribution >= 0.6 is 11.3 Å². The molecular weight excluding hydrogens is 374 g/mol. The number of hydrogen-bond acceptors (Lipinski definition) is 5. The third-order valence-corrected chi connectivity index (χ3v) is 5.38. The fourth-order valence-corrected chi connectivity index (χ4v) is 3.88. The lowest BCUT2D eigenvalue weighted by Crippen LogP contribution is -2.20. The largest absolute Gasteiger partial charge is 0.496 e. The summed E-state index contributed by atoms with van der Waals surface area (Å²) in [7, 11) is 1.63. The molecule has 1 aliphatic rings. The molecule has 142 valence electrons. The number of fused-ring (bicyclic) bond motifs is 1. The first kappa shape index (κ1) is 18.2. The van der Waals surface area contributed by atoms with Crippen LogP contribution in [0.25, 0.3) is 11.3 Å². The number of amides is 2. The SMILES string of the molecule is COc1ccc(C)cc1-c1csc(NC(=O)c2ccc3c(c2)CCC(=O)N3)n1. The van der Waals surface area contributed by atoms with Gasteiger partial charge in [0.05, 0.1) is 12.8 Å². The molecule has 0 unspecified atom stereocenters. The van der Waals surface area contributed by atoms with E-state index in [-0.39, 0.29) is 11.8 Å². The number of methoxy groups -OCH3 is 1. The number of aromatic nitrogens is 1. The number of ether oxygens (including phenoxy) is 1. The average Bonchev–Trinajstić information content (AvgIpc) is 3.15. The van der Waals surface area contributed by atoms with Gasteiger partial charge in [0.15, 0.2) is 5.13 Å². The number of aryl methyl sites for hydroxylation is 2. The number of nitrogens with one attached hydrogen (secondary N) is 2. The van der Waals surface area contributed by atoms with Crippen LogP contribution in [-0.4, -0.2) is 23.9 Å². The van der Waals surface area contributed by atoms with Crippen LogP contribution in [0.4, 0.5) is 10.8 Å². The van der Waals surface area contributed by atoms with Crippen LogP contribution in [0.3, 0.4) is 0 Å². The molecular formula is C21H19N3O3S. The molecule has 1 aromatic heterocycles. The fourth-order valence-electron chi connectivity index (χ4n) is 3.17. The molecule has 0 saturated carbocycles. The van der Waals surface area contributed by atoms with Gasteiger partial charge in [-0.25, -0.2) is 4.98 Å². The normalized spacial score (nSPS) is 12.9. The van der Waals surface area contributed by atoms with E-state index in [0.717, 1.165) is 33.8 Å². The molecule has 3 aromatic rings. The molecule has 7 heteroatoms. The fraction of sp³-hybridized carbons (Fsp3) is 0.190. The molecule has 0 radical (unpaired) electrons. The first-order chi connectivity index (χ1) is 13.5. The molecule has 1 aliphatic heterocycles. The highest BCUT2D eigenvalue weighted by atomic mass is 32.1. The summed E-state index contributed by atoms with van der Waals surface area (Å²) in [4.78, 5) is 28.6. The number of rotatable bonds is 4. The topological polar surface area (TPSA) is 80.3 Å². The summed E-state index contributed by atoms with van der Waals surface area (Å²) in [6.45, 7) is 2.01. The lowest BCUT2D eigenvalue weighted by Gasteiger charge is -2.17. The summed E-state index contributed by atoms with van der Waals surface area (Å²) in [5, 5.41) is 8.10. The molecule has 4 rings (SSSR count). The van der Waals surface area contributed by atoms with Crippen LogP contribution in [0, 0.1) is 6.92 Å². The lowest BCUT2D eigenvalue weighted by atomic mass is 10.0. The van der Waals surface area contributed by atoms with Crippen LogP contribution in [0.1, 0.15) is 27.9 Å². The number of hydrogen-bond donors (Lipinski definition) is 2. The van der Waals surface area contributed by atoms with Crippen molar-refractivity contribution in [3.63, 3.8) is 0 Å². The molecule has 0 spiro atoms. The molecule has 2 heterocycles. The molecule has 6 nitrogen and oxygen atoms in total. The number of nitrogens with zero attached hydrogens (tertiary/aromatic N) is 1. The Morgan fingerprint density at radius 2 is 2.07 bits per heavy atom. The van der Waals surface area contributed by atoms with Crippen molar-refractivity contribution < 1.29 is 14.3 Å². The molecule has 28 heavy (non-hydrogen) atoms. The van der Waals surface area contributed by atoms with Crippen molar-refractivity contribution in [3.05, 3.63) is 58.5 Å². The number of anilines is 2. The van der Waals surface area contributed by atoms with Crippen LogP contribution in [-0.2, 0) is 11.2 Å². The molecule has 0 atom stereocenters. The molecule has 2 aromatic carbocycles. The summed E-state index contributed by atoms with van der Waals surface area (Å²) in [5.74, 6) is 0.522. The van der Waals surface area contributed by atoms with Crippen LogP contribution < -0.4 is 15.4 Å². The monoisotopic (exact) mass is 393 g/mol. The van der Waals surface area contributed by atoms with Gasteiger partial charge in [-0.3, -0.25) is 14.9 Å². The second-order valence-electron chi connectivity index (χ2n) is 6.62. The zero-order chi connectivity index (χ0) is 19.7. The summed E-state index contributed by atoms with van der Waals surface area (Å²) in [6, 6.07) is 11.2. The number of carbonyl (C=O) groups is 2. The molecule has 0 fully saturated rings. The minimum Gasteiger partial charge on any atom is -0.496 e. The molecule has 0 bridgehead atoms. The number of carbonyl (C=O) groups excluding carboxylic acids is 2. The van der Waals surface area contributed by atoms with Crippen molar-refractivity contribution in [1.29, 1.82) is 0 Å². The van der Waals surface area contributed by atoms with E-state index in [2.05, 4.69) is 15.6 Å². The maximum Gasteiger partial charge on any atom is 0.257 e. The summed E-state index contributed by atoms with van der Waals surface area (Å²) < 4.78 is 5.42. The van der Waals surface area contributed by atoms with Crippen LogP contribution in [0.5, 0.6) is 5.75 Å². The third-order valence-electron chi connectivity index (χ3n) is 4.62. The van der Waals surface area contributed by atoms with Crippen molar-refractivity contribution in [2.75, 3.05) is 17.7 Å². The van der Waals surface area contributed by atoms with E-state index in [0.29, 0.717) is 23.5 Å². The molecule has 0 aliphatic carbocycles. The highest BCUT2D eigenvalue weighted by Crippen LogP contribution is 2.33. The van der Waals surface area contributed by atoms with Gasteiger partial charge in [0.2, 0.25) is 5.91 Å². The van der Waals surface area contributed by atoms with Gasteiger partial charge in [-0.1, -0.05) is 11.6 Å². The quantitative estimate of drug-likeness (QED) is 0.694. The van der Waals surface area contributed by atoms with Gasteiger partial charge in [0.25, 0.3) is 5.91 Å². The highest BCUT2D eigenvalue weighted by Gasteiger charge is 2.18. The first-order valence-corrected chi connectivity index (χ1v) is 9.76. The second-order valence-corrected chi connectivity index (χ2v) is 7.47. The Hall–Kier alpha value is -3.19. The third kappa shape index (κ3) is 3.61. The van der Waals surface area contributed by atoms with Gasteiger partial charge < -0.3 is 10.1 Å². The van der Waals surface area contributed by atoms with E-state index in [9.17, 15) is 9.59 Å². The summed E-state index contributed by atoms with van der Waals surface area (Å²) in [5.41, 5.74) is 5.04. The average molecular weight is 393 g/mol. The summed E-state index contributed by atoms with van der Waals surface area (Å²) in [6.07, 6.45) is 1.07. The Morgan fingerprint density at radius 1 is 1.21 bits per heavy atom. The van der Waals surface area contributed by atoms with Gasteiger partial charge in [-0.15, -0.1) is 11.3 Å². The van der Waals surface area contributed by atoms with Crippen LogP contribution in [0.15, 0.2) is 41.8 Å². The summed E-state index contributed by atoms with van der Waals surface area (Å²) >= 11 is 1.37. The maximum atomic E-state index is 12.6. The van der Waals surface area contributed by atoms with Crippen molar-refractivity contribution in [3.8, 4) is 17.0 Å². The van der Waals surface area contributed by atoms with E-state index in [1.807, 2.05) is 36.6 Å². The zero-order valence-electron chi connectivity index (χ0n) is 15.5. The van der Waals surface area contributed by atoms with Gasteiger partial charge in [0.1, 0.15) is 5.75 Å². The van der Waals surface area contributed by atoms with E-state index in [1.165, 1.54) is 11.3 Å². The Bertz CT molecular complexity index is 1070. The van der Waals surface area contributed by atoms with E-state index < -0.39 is 0 Å². The number of benzene rings is 2. The van der Waals surface area contributed by atoms with Crippen molar-refractivity contribution in [2.24, 2.45) is 0 Å². The molecule has 0 saturated heterocycles. The predicted octanol–water partition coefficient (Wildman–Crippen LogP) is 4.26. The zero-order valence-corrected chi connectivity index (χ0v) is 16.4. The highest BCUT2D eigenvalue weighted by molar-refractivity contribution is 7.14. The lowest BCUT2D eigenvalue weighted by molar-refractivity contribution is -0.116.